The summed E-state index contributed by atoms with van der Waals surface area (Å²) in [6.45, 7) is 3.11. The summed E-state index contributed by atoms with van der Waals surface area (Å²) in [7, 11) is 2.29. The van der Waals surface area contributed by atoms with Gasteiger partial charge in [0.25, 0.3) is 0 Å². The molecule has 0 saturated carbocycles. The first kappa shape index (κ1) is 16.3. The van der Waals surface area contributed by atoms with E-state index in [0.29, 0.717) is 12.1 Å². The van der Waals surface area contributed by atoms with Crippen molar-refractivity contribution in [2.45, 2.75) is 51.2 Å². The molecule has 2 unspecified atom stereocenters. The molecule has 0 radical (unpaired) electrons. The van der Waals surface area contributed by atoms with E-state index < -0.39 is 0 Å². The summed E-state index contributed by atoms with van der Waals surface area (Å²) < 4.78 is 2.56. The molecule has 2 atom stereocenters. The van der Waals surface area contributed by atoms with Crippen LogP contribution in [0.25, 0.3) is 10.9 Å². The molecule has 1 fully saturated rings. The van der Waals surface area contributed by atoms with Gasteiger partial charge in [-0.15, -0.1) is 0 Å². The maximum Gasteiger partial charge on any atom is 0.0487 e. The first-order valence-electron chi connectivity index (χ1n) is 9.55. The third kappa shape index (κ3) is 2.49. The minimum absolute atomic E-state index is 0.548. The third-order valence-electron chi connectivity index (χ3n) is 6.34. The van der Waals surface area contributed by atoms with Crippen LogP contribution in [0.15, 0.2) is 36.7 Å². The lowest BCUT2D eigenvalue weighted by molar-refractivity contribution is 0.222. The Labute approximate surface area is 159 Å². The lowest BCUT2D eigenvalue weighted by Crippen LogP contribution is -2.34. The number of fused-ring (bicyclic) bond motifs is 6. The average Bonchev–Trinajstić information content (AvgIpc) is 3.03. The number of nitrogens with zero attached hydrogens (tertiary/aromatic N) is 3. The highest BCUT2D eigenvalue weighted by molar-refractivity contribution is 6.31. The molecule has 134 valence electrons. The highest BCUT2D eigenvalue weighted by Gasteiger charge is 2.40. The van der Waals surface area contributed by atoms with Crippen molar-refractivity contribution >= 4 is 22.5 Å². The Balaban J connectivity index is 1.60. The highest BCUT2D eigenvalue weighted by atomic mass is 35.5. The summed E-state index contributed by atoms with van der Waals surface area (Å²) in [6.07, 6.45) is 8.66. The number of aromatic nitrogens is 2. The molecule has 2 aliphatic heterocycles. The SMILES string of the molecule is Cc1cncc(CCn2c3c(c4cc(Cl)ccc42)C2CCC(C3)N2C)c1. The van der Waals surface area contributed by atoms with Crippen LogP contribution in [0.1, 0.15) is 41.3 Å². The number of likely N-dealkylation sites (N-methyl/N-ethyl adjacent to an activating group) is 1. The molecular formula is C22H24ClN3. The summed E-state index contributed by atoms with van der Waals surface area (Å²) in [4.78, 5) is 6.94. The molecule has 0 N–H and O–H groups in total. The van der Waals surface area contributed by atoms with Crippen molar-refractivity contribution < 1.29 is 0 Å². The standard InChI is InChI=1S/C22H24ClN3/c1-14-9-15(13-24-12-14)7-8-26-19-5-3-16(23)10-18(19)22-20-6-4-17(25(20)2)11-21(22)26/h3,5,9-10,12-13,17,20H,4,6-8,11H2,1-2H3. The largest absolute Gasteiger partial charge is 0.344 e. The zero-order valence-corrected chi connectivity index (χ0v) is 16.1. The monoisotopic (exact) mass is 365 g/mol. The zero-order valence-electron chi connectivity index (χ0n) is 15.4. The van der Waals surface area contributed by atoms with Gasteiger partial charge in [-0.2, -0.15) is 0 Å². The van der Waals surface area contributed by atoms with E-state index in [4.69, 9.17) is 11.6 Å². The lowest BCUT2D eigenvalue weighted by Gasteiger charge is -2.32. The summed E-state index contributed by atoms with van der Waals surface area (Å²) in [6, 6.07) is 9.89. The van der Waals surface area contributed by atoms with Crippen molar-refractivity contribution in [2.24, 2.45) is 0 Å². The summed E-state index contributed by atoms with van der Waals surface area (Å²) >= 11 is 6.37. The topological polar surface area (TPSA) is 21.1 Å². The van der Waals surface area contributed by atoms with Gasteiger partial charge in [0.1, 0.15) is 0 Å². The molecule has 2 bridgehead atoms. The van der Waals surface area contributed by atoms with Crippen molar-refractivity contribution in [1.82, 2.24) is 14.5 Å². The summed E-state index contributed by atoms with van der Waals surface area (Å²) in [5.74, 6) is 0. The van der Waals surface area contributed by atoms with Gasteiger partial charge in [-0.05, 0) is 68.1 Å². The van der Waals surface area contributed by atoms with Crippen LogP contribution in [0, 0.1) is 6.92 Å². The second-order valence-electron chi connectivity index (χ2n) is 7.91. The van der Waals surface area contributed by atoms with E-state index >= 15 is 0 Å². The van der Waals surface area contributed by atoms with E-state index in [0.717, 1.165) is 24.4 Å². The summed E-state index contributed by atoms with van der Waals surface area (Å²) in [5.41, 5.74) is 6.94. The Hall–Kier alpha value is -1.84. The predicted octanol–water partition coefficient (Wildman–Crippen LogP) is 4.93. The van der Waals surface area contributed by atoms with Gasteiger partial charge in [-0.25, -0.2) is 0 Å². The highest BCUT2D eigenvalue weighted by Crippen LogP contribution is 2.47. The van der Waals surface area contributed by atoms with Crippen molar-refractivity contribution in [3.63, 3.8) is 0 Å². The van der Waals surface area contributed by atoms with E-state index in [1.165, 1.54) is 46.1 Å². The Bertz CT molecular complexity index is 990. The van der Waals surface area contributed by atoms with Gasteiger partial charge < -0.3 is 4.57 Å². The van der Waals surface area contributed by atoms with Gasteiger partial charge in [0.05, 0.1) is 0 Å². The maximum absolute atomic E-state index is 6.37. The van der Waals surface area contributed by atoms with Crippen molar-refractivity contribution in [3.05, 3.63) is 64.1 Å². The normalized spacial score (nSPS) is 22.1. The molecular weight excluding hydrogens is 342 g/mol. The molecule has 1 aromatic carbocycles. The molecule has 3 nitrogen and oxygen atoms in total. The molecule has 26 heavy (non-hydrogen) atoms. The number of halogens is 1. The van der Waals surface area contributed by atoms with Gasteiger partial charge in [-0.1, -0.05) is 17.7 Å². The van der Waals surface area contributed by atoms with Gasteiger partial charge in [0.2, 0.25) is 0 Å². The first-order chi connectivity index (χ1) is 12.6. The number of aryl methyl sites for hydroxylation is 3. The van der Waals surface area contributed by atoms with Gasteiger partial charge in [-0.3, -0.25) is 9.88 Å². The van der Waals surface area contributed by atoms with Gasteiger partial charge >= 0.3 is 0 Å². The predicted molar refractivity (Wildman–Crippen MR) is 107 cm³/mol. The fourth-order valence-electron chi connectivity index (χ4n) is 5.08. The quantitative estimate of drug-likeness (QED) is 0.656. The van der Waals surface area contributed by atoms with Crippen molar-refractivity contribution in [2.75, 3.05) is 7.05 Å². The lowest BCUT2D eigenvalue weighted by atomic mass is 9.97. The minimum atomic E-state index is 0.548. The second-order valence-corrected chi connectivity index (χ2v) is 8.35. The molecule has 2 aliphatic rings. The van der Waals surface area contributed by atoms with Crippen LogP contribution in [-0.2, 0) is 19.4 Å². The van der Waals surface area contributed by atoms with E-state index in [2.05, 4.69) is 46.6 Å². The molecule has 0 amide bonds. The van der Waals surface area contributed by atoms with E-state index in [9.17, 15) is 0 Å². The molecule has 0 spiro atoms. The molecule has 4 heteroatoms. The van der Waals surface area contributed by atoms with Crippen LogP contribution in [0.5, 0.6) is 0 Å². The zero-order chi connectivity index (χ0) is 17.8. The van der Waals surface area contributed by atoms with Crippen molar-refractivity contribution in [3.8, 4) is 0 Å². The van der Waals surface area contributed by atoms with Crippen LogP contribution in [0.2, 0.25) is 5.02 Å². The van der Waals surface area contributed by atoms with E-state index in [1.807, 2.05) is 18.5 Å². The maximum atomic E-state index is 6.37. The first-order valence-corrected chi connectivity index (χ1v) is 9.92. The van der Waals surface area contributed by atoms with Gasteiger partial charge in [0, 0.05) is 59.1 Å². The van der Waals surface area contributed by atoms with Crippen molar-refractivity contribution in [1.29, 1.82) is 0 Å². The van der Waals surface area contributed by atoms with E-state index in [1.54, 1.807) is 0 Å². The van der Waals surface area contributed by atoms with Gasteiger partial charge in [0.15, 0.2) is 0 Å². The number of hydrogen-bond donors (Lipinski definition) is 0. The number of benzene rings is 1. The number of rotatable bonds is 3. The number of hydrogen-bond acceptors (Lipinski definition) is 2. The Morgan fingerprint density at radius 2 is 2.08 bits per heavy atom. The van der Waals surface area contributed by atoms with Crippen LogP contribution in [0.3, 0.4) is 0 Å². The van der Waals surface area contributed by atoms with Crippen LogP contribution in [-0.4, -0.2) is 27.5 Å². The third-order valence-corrected chi connectivity index (χ3v) is 6.57. The van der Waals surface area contributed by atoms with Crippen LogP contribution >= 0.6 is 11.6 Å². The molecule has 0 aliphatic carbocycles. The van der Waals surface area contributed by atoms with Crippen LogP contribution < -0.4 is 0 Å². The fraction of sp³-hybridized carbons (Fsp3) is 0.409. The molecule has 5 rings (SSSR count). The number of pyridine rings is 1. The smallest absolute Gasteiger partial charge is 0.0487 e. The molecule has 4 heterocycles. The van der Waals surface area contributed by atoms with E-state index in [-0.39, 0.29) is 0 Å². The minimum Gasteiger partial charge on any atom is -0.344 e. The average molecular weight is 366 g/mol. The molecule has 1 saturated heterocycles. The second kappa shape index (κ2) is 6.11. The Kier molecular flexibility index (Phi) is 3.84. The molecule has 3 aromatic rings. The fourth-order valence-corrected chi connectivity index (χ4v) is 5.25. The Morgan fingerprint density at radius 3 is 2.92 bits per heavy atom. The molecule has 2 aromatic heterocycles. The van der Waals surface area contributed by atoms with Crippen LogP contribution in [0.4, 0.5) is 0 Å². The Morgan fingerprint density at radius 1 is 1.19 bits per heavy atom. The summed E-state index contributed by atoms with van der Waals surface area (Å²) in [5, 5.41) is 2.19.